The molecule has 0 spiro atoms. The molecule has 2 aromatic heterocycles. The molecule has 3 rings (SSSR count). The average Bonchev–Trinajstić information content (AvgIpc) is 3.00. The van der Waals surface area contributed by atoms with Crippen LogP contribution in [0.2, 0.25) is 0 Å². The quantitative estimate of drug-likeness (QED) is 0.715. The Kier molecular flexibility index (Phi) is 5.29. The molecule has 27 heavy (non-hydrogen) atoms. The van der Waals surface area contributed by atoms with Gasteiger partial charge in [-0.15, -0.1) is 0 Å². The number of aromatic nitrogens is 3. The first kappa shape index (κ1) is 18.7. The number of nitrogens with zero attached hydrogens (tertiary/aromatic N) is 3. The minimum Gasteiger partial charge on any atom is -0.478 e. The SMILES string of the molecule is CCOc1ncccc1CNC(=O)Cn1c(C(F)(F)F)nc2ccccc21. The highest BCUT2D eigenvalue weighted by Gasteiger charge is 2.37. The number of hydrogen-bond donors (Lipinski definition) is 1. The molecule has 0 radical (unpaired) electrons. The molecule has 6 nitrogen and oxygen atoms in total. The van der Waals surface area contributed by atoms with E-state index >= 15 is 0 Å². The number of carbonyl (C=O) groups excluding carboxylic acids is 1. The number of ether oxygens (including phenoxy) is 1. The van der Waals surface area contributed by atoms with E-state index in [0.717, 1.165) is 4.57 Å². The Labute approximate surface area is 153 Å². The number of imidazole rings is 1. The van der Waals surface area contributed by atoms with Crippen LogP contribution in [0, 0.1) is 0 Å². The molecule has 0 saturated heterocycles. The van der Waals surface area contributed by atoms with Crippen LogP contribution in [-0.4, -0.2) is 27.0 Å². The first-order valence-corrected chi connectivity index (χ1v) is 8.26. The summed E-state index contributed by atoms with van der Waals surface area (Å²) in [5, 5.41) is 2.60. The van der Waals surface area contributed by atoms with E-state index in [9.17, 15) is 18.0 Å². The molecule has 0 bridgehead atoms. The van der Waals surface area contributed by atoms with Crippen molar-refractivity contribution in [1.29, 1.82) is 0 Å². The zero-order valence-electron chi connectivity index (χ0n) is 14.5. The maximum absolute atomic E-state index is 13.3. The molecule has 0 atom stereocenters. The lowest BCUT2D eigenvalue weighted by Gasteiger charge is -2.13. The molecule has 2 heterocycles. The summed E-state index contributed by atoms with van der Waals surface area (Å²) in [7, 11) is 0. The molecule has 1 aromatic carbocycles. The maximum Gasteiger partial charge on any atom is 0.449 e. The molecule has 0 fully saturated rings. The van der Waals surface area contributed by atoms with Crippen molar-refractivity contribution in [1.82, 2.24) is 19.9 Å². The van der Waals surface area contributed by atoms with Crippen LogP contribution in [0.1, 0.15) is 18.3 Å². The van der Waals surface area contributed by atoms with Gasteiger partial charge in [-0.2, -0.15) is 13.2 Å². The largest absolute Gasteiger partial charge is 0.478 e. The van der Waals surface area contributed by atoms with Crippen molar-refractivity contribution in [2.24, 2.45) is 0 Å². The van der Waals surface area contributed by atoms with Crippen LogP contribution in [0.15, 0.2) is 42.6 Å². The standard InChI is InChI=1S/C18H17F3N4O2/c1-2-27-16-12(6-5-9-22-16)10-23-15(26)11-25-14-8-4-3-7-13(14)24-17(25)18(19,20)21/h3-9H,2,10-11H2,1H3,(H,23,26). The summed E-state index contributed by atoms with van der Waals surface area (Å²) in [6.45, 7) is 1.81. The summed E-state index contributed by atoms with van der Waals surface area (Å²) in [5.41, 5.74) is 1.07. The number of amides is 1. The van der Waals surface area contributed by atoms with Gasteiger partial charge in [-0.05, 0) is 25.1 Å². The molecule has 0 saturated carbocycles. The van der Waals surface area contributed by atoms with Gasteiger partial charge in [0.05, 0.1) is 17.6 Å². The number of fused-ring (bicyclic) bond motifs is 1. The monoisotopic (exact) mass is 378 g/mol. The Hall–Kier alpha value is -3.10. The van der Waals surface area contributed by atoms with Crippen molar-refractivity contribution in [2.45, 2.75) is 26.2 Å². The van der Waals surface area contributed by atoms with Crippen LogP contribution in [0.5, 0.6) is 5.88 Å². The Balaban J connectivity index is 1.79. The number of rotatable bonds is 6. The van der Waals surface area contributed by atoms with Crippen LogP contribution in [0.4, 0.5) is 13.2 Å². The van der Waals surface area contributed by atoms with E-state index in [1.807, 2.05) is 0 Å². The zero-order chi connectivity index (χ0) is 19.4. The van der Waals surface area contributed by atoms with E-state index in [4.69, 9.17) is 4.74 Å². The Morgan fingerprint density at radius 1 is 1.22 bits per heavy atom. The van der Waals surface area contributed by atoms with Gasteiger partial charge in [0, 0.05) is 18.3 Å². The Morgan fingerprint density at radius 3 is 2.74 bits per heavy atom. The number of nitrogens with one attached hydrogen (secondary N) is 1. The summed E-state index contributed by atoms with van der Waals surface area (Å²) < 4.78 is 46.1. The topological polar surface area (TPSA) is 69.0 Å². The van der Waals surface area contributed by atoms with E-state index in [1.54, 1.807) is 37.4 Å². The van der Waals surface area contributed by atoms with Gasteiger partial charge in [0.2, 0.25) is 17.6 Å². The van der Waals surface area contributed by atoms with E-state index in [2.05, 4.69) is 15.3 Å². The van der Waals surface area contributed by atoms with Crippen molar-refractivity contribution < 1.29 is 22.7 Å². The highest BCUT2D eigenvalue weighted by atomic mass is 19.4. The number of alkyl halides is 3. The summed E-state index contributed by atoms with van der Waals surface area (Å²) in [6, 6.07) is 9.59. The van der Waals surface area contributed by atoms with Crippen molar-refractivity contribution >= 4 is 16.9 Å². The normalized spacial score (nSPS) is 11.6. The lowest BCUT2D eigenvalue weighted by molar-refractivity contribution is -0.147. The van der Waals surface area contributed by atoms with Gasteiger partial charge in [-0.3, -0.25) is 4.79 Å². The van der Waals surface area contributed by atoms with Gasteiger partial charge in [-0.25, -0.2) is 9.97 Å². The number of benzene rings is 1. The van der Waals surface area contributed by atoms with Crippen LogP contribution >= 0.6 is 0 Å². The predicted molar refractivity (Wildman–Crippen MR) is 92.0 cm³/mol. The second kappa shape index (κ2) is 7.65. The highest BCUT2D eigenvalue weighted by molar-refractivity contribution is 5.81. The lowest BCUT2D eigenvalue weighted by Crippen LogP contribution is -2.29. The van der Waals surface area contributed by atoms with Gasteiger partial charge in [0.15, 0.2) is 0 Å². The second-order valence-corrected chi connectivity index (χ2v) is 5.69. The average molecular weight is 378 g/mol. The molecular formula is C18H17F3N4O2. The second-order valence-electron chi connectivity index (χ2n) is 5.69. The van der Waals surface area contributed by atoms with Gasteiger partial charge < -0.3 is 14.6 Å². The van der Waals surface area contributed by atoms with Crippen LogP contribution in [0.25, 0.3) is 11.0 Å². The summed E-state index contributed by atoms with van der Waals surface area (Å²) >= 11 is 0. The number of para-hydroxylation sites is 2. The molecule has 9 heteroatoms. The third-order valence-electron chi connectivity index (χ3n) is 3.82. The predicted octanol–water partition coefficient (Wildman–Crippen LogP) is 3.17. The zero-order valence-corrected chi connectivity index (χ0v) is 14.5. The van der Waals surface area contributed by atoms with Gasteiger partial charge in [-0.1, -0.05) is 18.2 Å². The van der Waals surface area contributed by atoms with E-state index in [0.29, 0.717) is 18.1 Å². The first-order chi connectivity index (χ1) is 12.9. The van der Waals surface area contributed by atoms with Gasteiger partial charge in [0.1, 0.15) is 6.54 Å². The number of halogens is 3. The number of pyridine rings is 1. The third-order valence-corrected chi connectivity index (χ3v) is 3.82. The molecule has 0 unspecified atom stereocenters. The molecule has 1 N–H and O–H groups in total. The highest BCUT2D eigenvalue weighted by Crippen LogP contribution is 2.31. The minimum atomic E-state index is -4.66. The summed E-state index contributed by atoms with van der Waals surface area (Å²) in [6.07, 6.45) is -3.10. The van der Waals surface area contributed by atoms with Crippen molar-refractivity contribution in [3.05, 3.63) is 54.0 Å². The summed E-state index contributed by atoms with van der Waals surface area (Å²) in [4.78, 5) is 20.0. The summed E-state index contributed by atoms with van der Waals surface area (Å²) in [5.74, 6) is -1.30. The molecular weight excluding hydrogens is 361 g/mol. The minimum absolute atomic E-state index is 0.0932. The Morgan fingerprint density at radius 2 is 2.00 bits per heavy atom. The number of hydrogen-bond acceptors (Lipinski definition) is 4. The molecule has 0 aliphatic carbocycles. The Bertz CT molecular complexity index is 953. The molecule has 0 aliphatic heterocycles. The molecule has 0 aliphatic rings. The smallest absolute Gasteiger partial charge is 0.449 e. The first-order valence-electron chi connectivity index (χ1n) is 8.26. The third kappa shape index (κ3) is 4.18. The molecule has 142 valence electrons. The van der Waals surface area contributed by atoms with Crippen LogP contribution in [0.3, 0.4) is 0 Å². The fourth-order valence-corrected chi connectivity index (χ4v) is 2.67. The van der Waals surface area contributed by atoms with Gasteiger partial charge >= 0.3 is 6.18 Å². The fourth-order valence-electron chi connectivity index (χ4n) is 2.67. The van der Waals surface area contributed by atoms with Crippen molar-refractivity contribution in [2.75, 3.05) is 6.61 Å². The van der Waals surface area contributed by atoms with Crippen LogP contribution in [-0.2, 0) is 24.1 Å². The fraction of sp³-hybridized carbons (Fsp3) is 0.278. The molecule has 1 amide bonds. The van der Waals surface area contributed by atoms with Crippen LogP contribution < -0.4 is 10.1 Å². The van der Waals surface area contributed by atoms with E-state index in [-0.39, 0.29) is 17.6 Å². The maximum atomic E-state index is 13.3. The molecule has 3 aromatic rings. The van der Waals surface area contributed by atoms with Gasteiger partial charge in [0.25, 0.3) is 0 Å². The van der Waals surface area contributed by atoms with E-state index < -0.39 is 24.5 Å². The van der Waals surface area contributed by atoms with E-state index in [1.165, 1.54) is 12.1 Å². The van der Waals surface area contributed by atoms with Crippen molar-refractivity contribution in [3.8, 4) is 5.88 Å². The van der Waals surface area contributed by atoms with Crippen molar-refractivity contribution in [3.63, 3.8) is 0 Å². The number of carbonyl (C=O) groups is 1. The lowest BCUT2D eigenvalue weighted by atomic mass is 10.2.